The summed E-state index contributed by atoms with van der Waals surface area (Å²) in [4.78, 5) is 5.21. The van der Waals surface area contributed by atoms with Gasteiger partial charge in [-0.15, -0.1) is 0 Å². The molecule has 144 valence electrons. The first-order valence-electron chi connectivity index (χ1n) is 9.62. The Morgan fingerprint density at radius 3 is 2.31 bits per heavy atom. The van der Waals surface area contributed by atoms with Crippen LogP contribution in [0.15, 0.2) is 94.8 Å². The van der Waals surface area contributed by atoms with Crippen molar-refractivity contribution in [3.63, 3.8) is 0 Å². The van der Waals surface area contributed by atoms with Gasteiger partial charge in [0.25, 0.3) is 0 Å². The largest absolute Gasteiger partial charge is 0.252 e. The van der Waals surface area contributed by atoms with E-state index in [0.29, 0.717) is 18.0 Å². The molecule has 2 aliphatic heterocycles. The molecule has 2 heterocycles. The predicted octanol–water partition coefficient (Wildman–Crippen LogP) is 4.63. The van der Waals surface area contributed by atoms with E-state index in [2.05, 4.69) is 18.2 Å². The fourth-order valence-electron chi connectivity index (χ4n) is 3.85. The topological polar surface area (TPSA) is 49.7 Å². The Labute approximate surface area is 170 Å². The van der Waals surface area contributed by atoms with E-state index in [0.717, 1.165) is 40.1 Å². The lowest BCUT2D eigenvalue weighted by Gasteiger charge is -2.14. The molecule has 3 aromatic rings. The number of hydrogen-bond donors (Lipinski definition) is 0. The lowest BCUT2D eigenvalue weighted by molar-refractivity contribution is 0.420. The summed E-state index contributed by atoms with van der Waals surface area (Å²) in [6, 6.07) is 25.4. The van der Waals surface area contributed by atoms with E-state index in [9.17, 15) is 8.42 Å². The Balaban J connectivity index is 1.33. The van der Waals surface area contributed by atoms with Crippen LogP contribution < -0.4 is 0 Å². The number of fused-ring (bicyclic) bond motifs is 1. The molecule has 3 aromatic carbocycles. The number of aliphatic imine (C=N–C) groups is 1. The number of allylic oxidation sites excluding steroid dienone is 1. The van der Waals surface area contributed by atoms with Crippen LogP contribution in [0.5, 0.6) is 0 Å². The van der Waals surface area contributed by atoms with Gasteiger partial charge in [0, 0.05) is 19.5 Å². The molecule has 4 nitrogen and oxygen atoms in total. The van der Waals surface area contributed by atoms with E-state index < -0.39 is 10.0 Å². The average Bonchev–Trinajstić information content (AvgIpc) is 3.33. The summed E-state index contributed by atoms with van der Waals surface area (Å²) in [6.45, 7) is 0.797. The van der Waals surface area contributed by atoms with Gasteiger partial charge in [0.1, 0.15) is 0 Å². The Morgan fingerprint density at radius 1 is 0.828 bits per heavy atom. The monoisotopic (exact) mass is 400 g/mol. The number of sulfonamides is 1. The minimum Gasteiger partial charge on any atom is -0.252 e. The molecule has 0 radical (unpaired) electrons. The predicted molar refractivity (Wildman–Crippen MR) is 115 cm³/mol. The normalized spacial score (nSPS) is 17.7. The minimum absolute atomic E-state index is 0.370. The van der Waals surface area contributed by atoms with Crippen molar-refractivity contribution in [1.29, 1.82) is 0 Å². The summed E-state index contributed by atoms with van der Waals surface area (Å²) in [5.41, 5.74) is 6.07. The number of hydrogen-bond acceptors (Lipinski definition) is 3. The summed E-state index contributed by atoms with van der Waals surface area (Å²) in [5.74, 6) is 0. The molecule has 0 unspecified atom stereocenters. The van der Waals surface area contributed by atoms with Gasteiger partial charge >= 0.3 is 0 Å². The quantitative estimate of drug-likeness (QED) is 0.641. The Bertz CT molecular complexity index is 1230. The molecule has 0 atom stereocenters. The maximum Gasteiger partial charge on any atom is 0.244 e. The molecular weight excluding hydrogens is 380 g/mol. The van der Waals surface area contributed by atoms with Gasteiger partial charge in [-0.1, -0.05) is 78.9 Å². The van der Waals surface area contributed by atoms with Crippen LogP contribution in [-0.2, 0) is 23.1 Å². The average molecular weight is 401 g/mol. The van der Waals surface area contributed by atoms with Crippen molar-refractivity contribution >= 4 is 21.4 Å². The van der Waals surface area contributed by atoms with Crippen LogP contribution in [0.25, 0.3) is 5.70 Å². The summed E-state index contributed by atoms with van der Waals surface area (Å²) in [5, 5.41) is 0. The van der Waals surface area contributed by atoms with Crippen LogP contribution in [-0.4, -0.2) is 18.4 Å². The van der Waals surface area contributed by atoms with Crippen LogP contribution in [0.2, 0.25) is 0 Å². The lowest BCUT2D eigenvalue weighted by Crippen LogP contribution is -2.23. The second-order valence-corrected chi connectivity index (χ2v) is 9.20. The molecule has 2 aliphatic rings. The van der Waals surface area contributed by atoms with Gasteiger partial charge in [-0.05, 0) is 28.3 Å². The lowest BCUT2D eigenvalue weighted by atomic mass is 10.1. The third-order valence-corrected chi connectivity index (χ3v) is 7.29. The third-order valence-electron chi connectivity index (χ3n) is 5.40. The molecule has 0 saturated heterocycles. The van der Waals surface area contributed by atoms with E-state index in [1.807, 2.05) is 54.6 Å². The third kappa shape index (κ3) is 3.33. The first kappa shape index (κ1) is 18.0. The second kappa shape index (κ2) is 7.10. The summed E-state index contributed by atoms with van der Waals surface area (Å²) < 4.78 is 27.0. The number of benzene rings is 3. The van der Waals surface area contributed by atoms with Crippen LogP contribution >= 0.6 is 0 Å². The van der Waals surface area contributed by atoms with Gasteiger partial charge in [-0.2, -0.15) is 4.31 Å². The Morgan fingerprint density at radius 2 is 1.55 bits per heavy atom. The summed E-state index contributed by atoms with van der Waals surface area (Å²) >= 11 is 0. The van der Waals surface area contributed by atoms with E-state index in [4.69, 9.17) is 4.99 Å². The molecular formula is C24H20N2O2S. The SMILES string of the molecule is O=S1(=O)c2ccccc2CN1Cc1ccc(C2=CCC(c3ccccc3)=N2)cc1. The molecule has 0 spiro atoms. The van der Waals surface area contributed by atoms with Crippen LogP contribution in [0.3, 0.4) is 0 Å². The molecule has 0 amide bonds. The maximum absolute atomic E-state index is 12.7. The summed E-state index contributed by atoms with van der Waals surface area (Å²) in [7, 11) is -3.41. The molecule has 0 aliphatic carbocycles. The van der Waals surface area contributed by atoms with Crippen molar-refractivity contribution in [2.45, 2.75) is 24.4 Å². The number of nitrogens with zero attached hydrogens (tertiary/aromatic N) is 2. The zero-order chi connectivity index (χ0) is 19.8. The smallest absolute Gasteiger partial charge is 0.244 e. The van der Waals surface area contributed by atoms with Crippen molar-refractivity contribution in [3.05, 3.63) is 107 Å². The van der Waals surface area contributed by atoms with Gasteiger partial charge in [0.05, 0.1) is 16.3 Å². The maximum atomic E-state index is 12.7. The van der Waals surface area contributed by atoms with Gasteiger partial charge in [0.2, 0.25) is 10.0 Å². The van der Waals surface area contributed by atoms with Gasteiger partial charge in [0.15, 0.2) is 0 Å². The fourth-order valence-corrected chi connectivity index (χ4v) is 5.47. The second-order valence-electron chi connectivity index (χ2n) is 7.30. The highest BCUT2D eigenvalue weighted by atomic mass is 32.2. The van der Waals surface area contributed by atoms with Crippen molar-refractivity contribution in [2.75, 3.05) is 0 Å². The standard InChI is InChI=1S/C24H20N2O2S/c27-29(28)24-9-5-4-8-21(24)17-26(29)16-18-10-12-20(13-11-18)23-15-14-22(25-23)19-6-2-1-3-7-19/h1-13,15H,14,16-17H2. The van der Waals surface area contributed by atoms with Crippen molar-refractivity contribution in [2.24, 2.45) is 4.99 Å². The van der Waals surface area contributed by atoms with Crippen molar-refractivity contribution < 1.29 is 8.42 Å². The van der Waals surface area contributed by atoms with Crippen LogP contribution in [0, 0.1) is 0 Å². The molecule has 0 aromatic heterocycles. The molecule has 0 N–H and O–H groups in total. The first-order chi connectivity index (χ1) is 14.1. The Hall–Kier alpha value is -3.02. The molecule has 5 rings (SSSR count). The van der Waals surface area contributed by atoms with Gasteiger partial charge in [-0.3, -0.25) is 4.99 Å². The highest BCUT2D eigenvalue weighted by Crippen LogP contribution is 2.31. The highest BCUT2D eigenvalue weighted by Gasteiger charge is 2.33. The van der Waals surface area contributed by atoms with E-state index >= 15 is 0 Å². The zero-order valence-corrected chi connectivity index (χ0v) is 16.6. The molecule has 0 bridgehead atoms. The minimum atomic E-state index is -3.41. The summed E-state index contributed by atoms with van der Waals surface area (Å²) in [6.07, 6.45) is 2.96. The van der Waals surface area contributed by atoms with Crippen LogP contribution in [0.4, 0.5) is 0 Å². The fraction of sp³-hybridized carbons (Fsp3) is 0.125. The molecule has 29 heavy (non-hydrogen) atoms. The van der Waals surface area contributed by atoms with E-state index in [1.54, 1.807) is 12.1 Å². The van der Waals surface area contributed by atoms with E-state index in [-0.39, 0.29) is 0 Å². The molecule has 5 heteroatoms. The molecule has 0 saturated carbocycles. The van der Waals surface area contributed by atoms with E-state index in [1.165, 1.54) is 4.31 Å². The highest BCUT2D eigenvalue weighted by molar-refractivity contribution is 7.89. The van der Waals surface area contributed by atoms with Crippen LogP contribution in [0.1, 0.15) is 28.7 Å². The first-order valence-corrected chi connectivity index (χ1v) is 11.1. The van der Waals surface area contributed by atoms with Gasteiger partial charge in [-0.25, -0.2) is 8.42 Å². The number of rotatable bonds is 4. The Kier molecular flexibility index (Phi) is 4.42. The van der Waals surface area contributed by atoms with Crippen molar-refractivity contribution in [1.82, 2.24) is 4.31 Å². The molecule has 0 fully saturated rings. The van der Waals surface area contributed by atoms with Gasteiger partial charge < -0.3 is 0 Å². The zero-order valence-electron chi connectivity index (χ0n) is 15.8. The van der Waals surface area contributed by atoms with Crippen molar-refractivity contribution in [3.8, 4) is 0 Å².